The van der Waals surface area contributed by atoms with E-state index in [1.807, 2.05) is 0 Å². The molecule has 0 amide bonds. The van der Waals surface area contributed by atoms with Gasteiger partial charge in [0, 0.05) is 32.7 Å². The van der Waals surface area contributed by atoms with E-state index in [1.165, 1.54) is 0 Å². The molecule has 23 heavy (non-hydrogen) atoms. The molecule has 134 valence electrons. The number of piperazine rings is 1. The first-order chi connectivity index (χ1) is 9.99. The van der Waals surface area contributed by atoms with Crippen LogP contribution in [0.1, 0.15) is 6.42 Å². The Morgan fingerprint density at radius 1 is 1.17 bits per heavy atom. The van der Waals surface area contributed by atoms with E-state index in [4.69, 9.17) is 0 Å². The lowest BCUT2D eigenvalue weighted by atomic mass is 10.3. The van der Waals surface area contributed by atoms with Crippen molar-refractivity contribution in [1.82, 2.24) is 14.9 Å². The lowest BCUT2D eigenvalue weighted by Gasteiger charge is -2.27. The number of benzene rings is 1. The van der Waals surface area contributed by atoms with Crippen LogP contribution in [0, 0.1) is 11.6 Å². The predicted octanol–water partition coefficient (Wildman–Crippen LogP) is 1.38. The summed E-state index contributed by atoms with van der Waals surface area (Å²) in [4.78, 5) is 1.58. The molecule has 0 spiro atoms. The van der Waals surface area contributed by atoms with Crippen LogP contribution in [0.3, 0.4) is 0 Å². The molecular formula is C13H21Cl2F2N3O2S. The van der Waals surface area contributed by atoms with Gasteiger partial charge in [0.1, 0.15) is 16.5 Å². The first-order valence-corrected chi connectivity index (χ1v) is 8.35. The minimum absolute atomic E-state index is 0. The Kier molecular flexibility index (Phi) is 10.1. The summed E-state index contributed by atoms with van der Waals surface area (Å²) in [7, 11) is -4.01. The molecule has 2 N–H and O–H groups in total. The van der Waals surface area contributed by atoms with E-state index in [-0.39, 0.29) is 31.4 Å². The van der Waals surface area contributed by atoms with Crippen molar-refractivity contribution in [2.75, 3.05) is 39.3 Å². The van der Waals surface area contributed by atoms with Gasteiger partial charge in [0.2, 0.25) is 10.0 Å². The van der Waals surface area contributed by atoms with E-state index >= 15 is 0 Å². The van der Waals surface area contributed by atoms with Crippen molar-refractivity contribution in [3.05, 3.63) is 29.8 Å². The molecule has 0 radical (unpaired) electrons. The number of nitrogens with zero attached hydrogens (tertiary/aromatic N) is 1. The molecule has 1 fully saturated rings. The van der Waals surface area contributed by atoms with Gasteiger partial charge in [-0.05, 0) is 31.2 Å². The second-order valence-electron chi connectivity index (χ2n) is 4.92. The van der Waals surface area contributed by atoms with Crippen molar-refractivity contribution in [2.24, 2.45) is 0 Å². The molecule has 1 saturated heterocycles. The summed E-state index contributed by atoms with van der Waals surface area (Å²) in [5.41, 5.74) is 0. The molecule has 0 saturated carbocycles. The average molecular weight is 392 g/mol. The summed E-state index contributed by atoms with van der Waals surface area (Å²) in [6.07, 6.45) is 0.621. The van der Waals surface area contributed by atoms with E-state index in [1.54, 1.807) is 0 Å². The Hall–Kier alpha value is -0.510. The SMILES string of the molecule is Cl.Cl.O=S(=O)(NCCCN1CCNCC1)c1cc(F)ccc1F. The molecule has 2 rings (SSSR count). The number of nitrogens with one attached hydrogen (secondary N) is 2. The van der Waals surface area contributed by atoms with E-state index in [2.05, 4.69) is 14.9 Å². The van der Waals surface area contributed by atoms with Crippen molar-refractivity contribution in [1.29, 1.82) is 0 Å². The fourth-order valence-electron chi connectivity index (χ4n) is 2.20. The maximum Gasteiger partial charge on any atom is 0.243 e. The molecule has 1 aliphatic rings. The third-order valence-electron chi connectivity index (χ3n) is 3.34. The largest absolute Gasteiger partial charge is 0.314 e. The summed E-state index contributed by atoms with van der Waals surface area (Å²) >= 11 is 0. The molecule has 0 atom stereocenters. The summed E-state index contributed by atoms with van der Waals surface area (Å²) < 4.78 is 52.6. The van der Waals surface area contributed by atoms with E-state index < -0.39 is 26.6 Å². The van der Waals surface area contributed by atoms with Gasteiger partial charge in [-0.25, -0.2) is 21.9 Å². The third kappa shape index (κ3) is 6.86. The van der Waals surface area contributed by atoms with Gasteiger partial charge >= 0.3 is 0 Å². The van der Waals surface area contributed by atoms with Crippen LogP contribution in [0.15, 0.2) is 23.1 Å². The van der Waals surface area contributed by atoms with Crippen molar-refractivity contribution in [3.8, 4) is 0 Å². The lowest BCUT2D eigenvalue weighted by molar-refractivity contribution is 0.239. The Balaban J connectivity index is 0.00000242. The van der Waals surface area contributed by atoms with E-state index in [9.17, 15) is 17.2 Å². The van der Waals surface area contributed by atoms with Crippen LogP contribution in [-0.2, 0) is 10.0 Å². The normalized spacial score (nSPS) is 15.6. The number of sulfonamides is 1. The third-order valence-corrected chi connectivity index (χ3v) is 4.81. The van der Waals surface area contributed by atoms with Crippen molar-refractivity contribution < 1.29 is 17.2 Å². The molecule has 0 unspecified atom stereocenters. The summed E-state index contributed by atoms with van der Waals surface area (Å²) in [5, 5.41) is 3.23. The molecule has 5 nitrogen and oxygen atoms in total. The van der Waals surface area contributed by atoms with Gasteiger partial charge in [-0.15, -0.1) is 24.8 Å². The first-order valence-electron chi connectivity index (χ1n) is 6.87. The zero-order chi connectivity index (χ0) is 15.3. The molecule has 1 aliphatic heterocycles. The average Bonchev–Trinajstić information content (AvgIpc) is 2.47. The monoisotopic (exact) mass is 391 g/mol. The molecule has 10 heteroatoms. The topological polar surface area (TPSA) is 61.4 Å². The molecule has 1 heterocycles. The molecule has 1 aromatic carbocycles. The standard InChI is InChI=1S/C13H19F2N3O2S.2ClH/c14-11-2-3-12(15)13(10-11)21(19,20)17-4-1-7-18-8-5-16-6-9-18;;/h2-3,10,16-17H,1,4-9H2;2*1H. The van der Waals surface area contributed by atoms with Crippen molar-refractivity contribution in [2.45, 2.75) is 11.3 Å². The zero-order valence-electron chi connectivity index (χ0n) is 12.4. The number of rotatable bonds is 6. The first kappa shape index (κ1) is 22.5. The highest BCUT2D eigenvalue weighted by atomic mass is 35.5. The molecule has 0 bridgehead atoms. The van der Waals surface area contributed by atoms with Gasteiger partial charge in [0.15, 0.2) is 0 Å². The second-order valence-corrected chi connectivity index (χ2v) is 6.65. The zero-order valence-corrected chi connectivity index (χ0v) is 14.9. The van der Waals surface area contributed by atoms with Crippen LogP contribution >= 0.6 is 24.8 Å². The Bertz CT molecular complexity index is 585. The van der Waals surface area contributed by atoms with Crippen molar-refractivity contribution in [3.63, 3.8) is 0 Å². The van der Waals surface area contributed by atoms with Crippen LogP contribution in [-0.4, -0.2) is 52.6 Å². The number of halogens is 4. The van der Waals surface area contributed by atoms with Gasteiger partial charge in [-0.2, -0.15) is 0 Å². The molecule has 0 aromatic heterocycles. The highest BCUT2D eigenvalue weighted by Gasteiger charge is 2.19. The molecule has 0 aliphatic carbocycles. The van der Waals surface area contributed by atoms with Crippen molar-refractivity contribution >= 4 is 34.8 Å². The Morgan fingerprint density at radius 3 is 2.48 bits per heavy atom. The fourth-order valence-corrected chi connectivity index (χ4v) is 3.37. The van der Waals surface area contributed by atoms with Gasteiger partial charge in [-0.1, -0.05) is 0 Å². The summed E-state index contributed by atoms with van der Waals surface area (Å²) in [5.74, 6) is -1.73. The minimum atomic E-state index is -4.01. The minimum Gasteiger partial charge on any atom is -0.314 e. The highest BCUT2D eigenvalue weighted by molar-refractivity contribution is 7.89. The maximum absolute atomic E-state index is 13.5. The number of hydrogen-bond acceptors (Lipinski definition) is 4. The van der Waals surface area contributed by atoms with Crippen LogP contribution in [0.4, 0.5) is 8.78 Å². The lowest BCUT2D eigenvalue weighted by Crippen LogP contribution is -2.44. The Morgan fingerprint density at radius 2 is 1.83 bits per heavy atom. The quantitative estimate of drug-likeness (QED) is 0.719. The highest BCUT2D eigenvalue weighted by Crippen LogP contribution is 2.15. The number of hydrogen-bond donors (Lipinski definition) is 2. The van der Waals surface area contributed by atoms with Gasteiger partial charge < -0.3 is 10.2 Å². The van der Waals surface area contributed by atoms with E-state index in [0.29, 0.717) is 12.5 Å². The molecular weight excluding hydrogens is 371 g/mol. The maximum atomic E-state index is 13.5. The van der Waals surface area contributed by atoms with E-state index in [0.717, 1.165) is 44.9 Å². The Labute approximate surface area is 147 Å². The van der Waals surface area contributed by atoms with Crippen LogP contribution < -0.4 is 10.0 Å². The van der Waals surface area contributed by atoms with Crippen LogP contribution in [0.2, 0.25) is 0 Å². The predicted molar refractivity (Wildman–Crippen MR) is 90.0 cm³/mol. The molecule has 1 aromatic rings. The summed E-state index contributed by atoms with van der Waals surface area (Å²) in [6, 6.07) is 2.39. The summed E-state index contributed by atoms with van der Waals surface area (Å²) in [6.45, 7) is 4.70. The van der Waals surface area contributed by atoms with Crippen LogP contribution in [0.5, 0.6) is 0 Å². The van der Waals surface area contributed by atoms with Gasteiger partial charge in [0.25, 0.3) is 0 Å². The fraction of sp³-hybridized carbons (Fsp3) is 0.538. The second kappa shape index (κ2) is 10.4. The van der Waals surface area contributed by atoms with Gasteiger partial charge in [-0.3, -0.25) is 0 Å². The van der Waals surface area contributed by atoms with Gasteiger partial charge in [0.05, 0.1) is 0 Å². The smallest absolute Gasteiger partial charge is 0.243 e. The van der Waals surface area contributed by atoms with Crippen LogP contribution in [0.25, 0.3) is 0 Å².